The van der Waals surface area contributed by atoms with Crippen LogP contribution in [0.4, 0.5) is 5.69 Å². The number of hydrogen-bond acceptors (Lipinski definition) is 4. The number of aromatic nitrogens is 3. The molecule has 2 heterocycles. The largest absolute Gasteiger partial charge is 0.480 e. The molecule has 0 spiro atoms. The number of fused-ring (bicyclic) bond motifs is 1. The lowest BCUT2D eigenvalue weighted by Crippen LogP contribution is -2.44. The fourth-order valence-corrected chi connectivity index (χ4v) is 3.15. The molecule has 2 N–H and O–H groups in total. The topological polar surface area (TPSA) is 82.1 Å². The van der Waals surface area contributed by atoms with Crippen LogP contribution in [0.15, 0.2) is 30.5 Å². The van der Waals surface area contributed by atoms with Crippen LogP contribution >= 0.6 is 23.2 Å². The summed E-state index contributed by atoms with van der Waals surface area (Å²) in [7, 11) is 0. The van der Waals surface area contributed by atoms with Crippen molar-refractivity contribution in [2.24, 2.45) is 0 Å². The van der Waals surface area contributed by atoms with Gasteiger partial charge in [0.25, 0.3) is 0 Å². The Hall–Kier alpha value is -2.31. The summed E-state index contributed by atoms with van der Waals surface area (Å²) in [6, 6.07) is 7.13. The number of H-pyrrole nitrogens is 1. The minimum absolute atomic E-state index is 0.161. The van der Waals surface area contributed by atoms with E-state index in [0.717, 1.165) is 5.39 Å². The Morgan fingerprint density at radius 1 is 1.27 bits per heavy atom. The summed E-state index contributed by atoms with van der Waals surface area (Å²) in [5.41, 5.74) is 2.10. The van der Waals surface area contributed by atoms with Crippen LogP contribution in [-0.4, -0.2) is 38.3 Å². The summed E-state index contributed by atoms with van der Waals surface area (Å²) in [5.74, 6) is -0.923. The van der Waals surface area contributed by atoms with Gasteiger partial charge in [-0.3, -0.25) is 9.89 Å². The molecule has 8 heteroatoms. The van der Waals surface area contributed by atoms with E-state index in [9.17, 15) is 9.90 Å². The third-order valence-corrected chi connectivity index (χ3v) is 4.82. The third kappa shape index (κ3) is 3.48. The van der Waals surface area contributed by atoms with E-state index in [1.54, 1.807) is 18.3 Å². The van der Waals surface area contributed by atoms with Crippen LogP contribution in [0.1, 0.15) is 20.8 Å². The van der Waals surface area contributed by atoms with E-state index in [1.807, 2.05) is 37.8 Å². The lowest BCUT2D eigenvalue weighted by Gasteiger charge is -2.37. The van der Waals surface area contributed by atoms with Gasteiger partial charge in [-0.25, -0.2) is 4.98 Å². The Balaban J connectivity index is 2.35. The predicted molar refractivity (Wildman–Crippen MR) is 104 cm³/mol. The molecule has 0 atom stereocenters. The highest BCUT2D eigenvalue weighted by Crippen LogP contribution is 2.38. The summed E-state index contributed by atoms with van der Waals surface area (Å²) < 4.78 is 0. The number of halogens is 2. The maximum absolute atomic E-state index is 11.5. The van der Waals surface area contributed by atoms with Crippen LogP contribution in [0.2, 0.25) is 10.0 Å². The quantitative estimate of drug-likeness (QED) is 0.676. The van der Waals surface area contributed by atoms with E-state index in [1.165, 1.54) is 0 Å². The van der Waals surface area contributed by atoms with Crippen LogP contribution in [0.3, 0.4) is 0 Å². The Labute approximate surface area is 160 Å². The lowest BCUT2D eigenvalue weighted by atomic mass is 10.0. The van der Waals surface area contributed by atoms with Crippen molar-refractivity contribution in [3.05, 3.63) is 40.5 Å². The first-order valence-electron chi connectivity index (χ1n) is 7.96. The number of anilines is 1. The van der Waals surface area contributed by atoms with Crippen molar-refractivity contribution in [3.63, 3.8) is 0 Å². The summed E-state index contributed by atoms with van der Waals surface area (Å²) in [6.45, 7) is 5.70. The fourth-order valence-electron chi connectivity index (χ4n) is 2.79. The number of aromatic amines is 1. The molecule has 0 aliphatic heterocycles. The Bertz CT molecular complexity index is 965. The molecule has 3 aromatic rings. The fraction of sp³-hybridized carbons (Fsp3) is 0.278. The molecule has 2 aromatic heterocycles. The van der Waals surface area contributed by atoms with Crippen molar-refractivity contribution in [3.8, 4) is 11.4 Å². The highest BCUT2D eigenvalue weighted by atomic mass is 35.5. The van der Waals surface area contributed by atoms with Crippen LogP contribution in [0.5, 0.6) is 0 Å². The van der Waals surface area contributed by atoms with Gasteiger partial charge in [-0.15, -0.1) is 0 Å². The van der Waals surface area contributed by atoms with Gasteiger partial charge in [-0.2, -0.15) is 5.10 Å². The molecule has 0 fully saturated rings. The first-order valence-corrected chi connectivity index (χ1v) is 8.72. The minimum Gasteiger partial charge on any atom is -0.480 e. The molecule has 0 amide bonds. The molecule has 136 valence electrons. The summed E-state index contributed by atoms with van der Waals surface area (Å²) in [6.07, 6.45) is 1.62. The third-order valence-electron chi connectivity index (χ3n) is 4.02. The maximum atomic E-state index is 11.5. The van der Waals surface area contributed by atoms with Crippen molar-refractivity contribution in [1.82, 2.24) is 15.2 Å². The van der Waals surface area contributed by atoms with Gasteiger partial charge >= 0.3 is 5.97 Å². The van der Waals surface area contributed by atoms with E-state index in [0.29, 0.717) is 32.6 Å². The molecule has 1 aromatic carbocycles. The van der Waals surface area contributed by atoms with Crippen LogP contribution < -0.4 is 4.90 Å². The molecule has 0 bridgehead atoms. The van der Waals surface area contributed by atoms with Gasteiger partial charge < -0.3 is 10.0 Å². The standard InChI is InChI=1S/C18H18Cl2N4O2/c1-18(2,3)24(9-15(25)26)14-8-13(12-6-7-21-23-12)22-17-10(14)4-5-11(19)16(17)20/h4-8H,9H2,1-3H3,(H,21,23)(H,25,26). The predicted octanol–water partition coefficient (Wildman–Crippen LogP) is 4.62. The van der Waals surface area contributed by atoms with Crippen LogP contribution in [0, 0.1) is 0 Å². The number of nitrogens with zero attached hydrogens (tertiary/aromatic N) is 3. The second-order valence-corrected chi connectivity index (χ2v) is 7.69. The zero-order chi connectivity index (χ0) is 19.1. The molecule has 6 nitrogen and oxygen atoms in total. The normalized spacial score (nSPS) is 11.7. The number of carboxylic acid groups (broad SMARTS) is 1. The summed E-state index contributed by atoms with van der Waals surface area (Å²) in [5, 5.41) is 17.7. The molecule has 0 aliphatic carbocycles. The number of carboxylic acids is 1. The molecule has 0 aliphatic rings. The van der Waals surface area contributed by atoms with Crippen molar-refractivity contribution in [1.29, 1.82) is 0 Å². The number of rotatable bonds is 4. The number of aliphatic carboxylic acids is 1. The maximum Gasteiger partial charge on any atom is 0.323 e. The Morgan fingerprint density at radius 3 is 2.58 bits per heavy atom. The molecule has 3 rings (SSSR count). The average Bonchev–Trinajstić information content (AvgIpc) is 3.09. The van der Waals surface area contributed by atoms with Crippen molar-refractivity contribution >= 4 is 45.8 Å². The summed E-state index contributed by atoms with van der Waals surface area (Å²) >= 11 is 12.6. The van der Waals surface area contributed by atoms with Crippen molar-refractivity contribution < 1.29 is 9.90 Å². The number of pyridine rings is 1. The number of hydrogen-bond donors (Lipinski definition) is 2. The highest BCUT2D eigenvalue weighted by Gasteiger charge is 2.27. The second-order valence-electron chi connectivity index (χ2n) is 6.91. The zero-order valence-corrected chi connectivity index (χ0v) is 16.1. The van der Waals surface area contributed by atoms with Gasteiger partial charge in [0.05, 0.1) is 26.9 Å². The van der Waals surface area contributed by atoms with E-state index >= 15 is 0 Å². The number of nitrogens with one attached hydrogen (secondary N) is 1. The minimum atomic E-state index is -0.923. The van der Waals surface area contributed by atoms with E-state index in [4.69, 9.17) is 23.2 Å². The number of carbonyl (C=O) groups is 1. The van der Waals surface area contributed by atoms with Gasteiger partial charge in [0.2, 0.25) is 0 Å². The van der Waals surface area contributed by atoms with Crippen LogP contribution in [0.25, 0.3) is 22.3 Å². The van der Waals surface area contributed by atoms with Crippen molar-refractivity contribution in [2.45, 2.75) is 26.3 Å². The SMILES string of the molecule is CC(C)(C)N(CC(=O)O)c1cc(-c2ccn[nH]2)nc2c(Cl)c(Cl)ccc12. The summed E-state index contributed by atoms with van der Waals surface area (Å²) in [4.78, 5) is 17.9. The van der Waals surface area contributed by atoms with Gasteiger partial charge in [0, 0.05) is 22.8 Å². The van der Waals surface area contributed by atoms with Gasteiger partial charge in [0.15, 0.2) is 0 Å². The van der Waals surface area contributed by atoms with E-state index in [-0.39, 0.29) is 6.54 Å². The monoisotopic (exact) mass is 392 g/mol. The molecular formula is C18H18Cl2N4O2. The van der Waals surface area contributed by atoms with Crippen molar-refractivity contribution in [2.75, 3.05) is 11.4 Å². The molecule has 0 saturated heterocycles. The van der Waals surface area contributed by atoms with Gasteiger partial charge in [0.1, 0.15) is 6.54 Å². The van der Waals surface area contributed by atoms with Crippen LogP contribution in [-0.2, 0) is 4.79 Å². The Kier molecular flexibility index (Phi) is 4.82. The Morgan fingerprint density at radius 2 is 2.00 bits per heavy atom. The average molecular weight is 393 g/mol. The van der Waals surface area contributed by atoms with Gasteiger partial charge in [-0.1, -0.05) is 23.2 Å². The van der Waals surface area contributed by atoms with E-state index in [2.05, 4.69) is 15.2 Å². The first-order chi connectivity index (χ1) is 12.2. The highest BCUT2D eigenvalue weighted by molar-refractivity contribution is 6.45. The molecule has 26 heavy (non-hydrogen) atoms. The molecule has 0 unspecified atom stereocenters. The zero-order valence-electron chi connectivity index (χ0n) is 14.5. The molecule has 0 radical (unpaired) electrons. The first kappa shape index (κ1) is 18.5. The smallest absolute Gasteiger partial charge is 0.323 e. The van der Waals surface area contributed by atoms with Gasteiger partial charge in [-0.05, 0) is 45.0 Å². The molecular weight excluding hydrogens is 375 g/mol. The number of benzene rings is 1. The van der Waals surface area contributed by atoms with E-state index < -0.39 is 11.5 Å². The molecule has 0 saturated carbocycles. The lowest BCUT2D eigenvalue weighted by molar-refractivity contribution is -0.135. The second kappa shape index (κ2) is 6.78.